The zero-order valence-corrected chi connectivity index (χ0v) is 8.00. The predicted molar refractivity (Wildman–Crippen MR) is 40.5 cm³/mol. The maximum absolute atomic E-state index is 10.7. The summed E-state index contributed by atoms with van der Waals surface area (Å²) in [5, 5.41) is 0. The summed E-state index contributed by atoms with van der Waals surface area (Å²) in [5.74, 6) is 0. The van der Waals surface area contributed by atoms with Crippen LogP contribution in [0.15, 0.2) is 0 Å². The van der Waals surface area contributed by atoms with Crippen molar-refractivity contribution >= 4 is 16.5 Å². The van der Waals surface area contributed by atoms with Gasteiger partial charge in [0, 0.05) is 15.6 Å². The van der Waals surface area contributed by atoms with Crippen molar-refractivity contribution in [2.24, 2.45) is 5.73 Å². The molecule has 1 aliphatic heterocycles. The van der Waals surface area contributed by atoms with Crippen LogP contribution in [0.5, 0.6) is 0 Å². The van der Waals surface area contributed by atoms with E-state index in [2.05, 4.69) is 13.4 Å². The van der Waals surface area contributed by atoms with Gasteiger partial charge in [0.15, 0.2) is 4.31 Å². The highest BCUT2D eigenvalue weighted by Gasteiger charge is 2.51. The molecule has 0 saturated carbocycles. The molecule has 1 saturated heterocycles. The standard InChI is InChI=1S/C4H9NO5P2/c5-3-1-2-4-8-11(6)10-12(7)9-4/h4H,1-3,5H2/q+2. The predicted octanol–water partition coefficient (Wildman–Crippen LogP) is 1.43. The van der Waals surface area contributed by atoms with Crippen molar-refractivity contribution in [3.8, 4) is 0 Å². The minimum absolute atomic E-state index is 0.474. The molecule has 2 N–H and O–H groups in total. The zero-order chi connectivity index (χ0) is 8.97. The van der Waals surface area contributed by atoms with Crippen LogP contribution in [0.4, 0.5) is 0 Å². The average molecular weight is 213 g/mol. The van der Waals surface area contributed by atoms with E-state index in [4.69, 9.17) is 5.73 Å². The van der Waals surface area contributed by atoms with Gasteiger partial charge in [-0.15, -0.1) is 0 Å². The molecular weight excluding hydrogens is 204 g/mol. The summed E-state index contributed by atoms with van der Waals surface area (Å²) in [5.41, 5.74) is 5.23. The van der Waals surface area contributed by atoms with Crippen molar-refractivity contribution in [1.82, 2.24) is 0 Å². The first-order chi connectivity index (χ1) is 5.72. The second kappa shape index (κ2) is 4.92. The van der Waals surface area contributed by atoms with Gasteiger partial charge in [0.05, 0.1) is 0 Å². The van der Waals surface area contributed by atoms with E-state index in [0.717, 1.165) is 0 Å². The fraction of sp³-hybridized carbons (Fsp3) is 1.00. The molecule has 0 aromatic heterocycles. The van der Waals surface area contributed by atoms with E-state index >= 15 is 0 Å². The quantitative estimate of drug-likeness (QED) is 0.713. The lowest BCUT2D eigenvalue weighted by atomic mass is 10.3. The summed E-state index contributed by atoms with van der Waals surface area (Å²) in [6.07, 6.45) is 0.425. The number of hydrogen-bond donors (Lipinski definition) is 1. The first-order valence-electron chi connectivity index (χ1n) is 3.38. The molecule has 2 atom stereocenters. The van der Waals surface area contributed by atoms with Gasteiger partial charge in [-0.05, 0) is 13.0 Å². The number of rotatable bonds is 3. The van der Waals surface area contributed by atoms with Crippen molar-refractivity contribution in [3.05, 3.63) is 0 Å². The van der Waals surface area contributed by atoms with E-state index in [9.17, 15) is 9.13 Å². The van der Waals surface area contributed by atoms with Gasteiger partial charge in [0.1, 0.15) is 0 Å². The lowest BCUT2D eigenvalue weighted by Gasteiger charge is -2.02. The Kier molecular flexibility index (Phi) is 4.15. The molecule has 0 aliphatic carbocycles. The van der Waals surface area contributed by atoms with E-state index in [-0.39, 0.29) is 0 Å². The van der Waals surface area contributed by atoms with Crippen LogP contribution in [-0.2, 0) is 22.5 Å². The Labute approximate surface area is 71.3 Å². The van der Waals surface area contributed by atoms with Crippen LogP contribution >= 0.6 is 16.5 Å². The molecule has 1 aliphatic rings. The summed E-state index contributed by atoms with van der Waals surface area (Å²) in [4.78, 5) is 0. The Hall–Kier alpha value is 0.0400. The SMILES string of the molecule is NCCCC1O[P+](=O)O[P+](=O)O1. The summed E-state index contributed by atoms with van der Waals surface area (Å²) < 4.78 is 34.9. The van der Waals surface area contributed by atoms with Crippen LogP contribution < -0.4 is 5.73 Å². The van der Waals surface area contributed by atoms with Gasteiger partial charge in [-0.25, -0.2) is 0 Å². The van der Waals surface area contributed by atoms with Crippen molar-refractivity contribution < 1.29 is 22.5 Å². The fourth-order valence-corrected chi connectivity index (χ4v) is 2.19. The fourth-order valence-electron chi connectivity index (χ4n) is 0.694. The molecule has 0 bridgehead atoms. The van der Waals surface area contributed by atoms with Gasteiger partial charge in [-0.3, -0.25) is 0 Å². The molecule has 68 valence electrons. The van der Waals surface area contributed by atoms with E-state index in [0.29, 0.717) is 19.4 Å². The van der Waals surface area contributed by atoms with Crippen LogP contribution in [0.1, 0.15) is 12.8 Å². The molecule has 0 aromatic carbocycles. The highest BCUT2D eigenvalue weighted by molar-refractivity contribution is 7.48. The Balaban J connectivity index is 2.34. The molecule has 0 aromatic rings. The molecule has 1 fully saturated rings. The maximum Gasteiger partial charge on any atom is 0.750 e. The van der Waals surface area contributed by atoms with Gasteiger partial charge in [-0.1, -0.05) is 9.05 Å². The van der Waals surface area contributed by atoms with Crippen LogP contribution in [0.2, 0.25) is 0 Å². The molecule has 1 rings (SSSR count). The van der Waals surface area contributed by atoms with Gasteiger partial charge in [0.25, 0.3) is 6.29 Å². The van der Waals surface area contributed by atoms with E-state index < -0.39 is 22.8 Å². The monoisotopic (exact) mass is 213 g/mol. The molecule has 8 heteroatoms. The van der Waals surface area contributed by atoms with E-state index in [1.54, 1.807) is 0 Å². The first-order valence-corrected chi connectivity index (χ1v) is 5.57. The van der Waals surface area contributed by atoms with Gasteiger partial charge in [0.2, 0.25) is 0 Å². The van der Waals surface area contributed by atoms with Crippen molar-refractivity contribution in [2.45, 2.75) is 19.1 Å². The molecule has 12 heavy (non-hydrogen) atoms. The lowest BCUT2D eigenvalue weighted by Crippen LogP contribution is -2.15. The largest absolute Gasteiger partial charge is 0.750 e. The number of nitrogens with two attached hydrogens (primary N) is 1. The lowest BCUT2D eigenvalue weighted by molar-refractivity contribution is -0.0214. The Morgan fingerprint density at radius 3 is 2.33 bits per heavy atom. The average Bonchev–Trinajstić information content (AvgIpc) is 1.99. The summed E-state index contributed by atoms with van der Waals surface area (Å²) in [6, 6.07) is 0. The second-order valence-corrected chi connectivity index (χ2v) is 4.07. The van der Waals surface area contributed by atoms with Crippen molar-refractivity contribution in [2.75, 3.05) is 6.54 Å². The molecule has 0 amide bonds. The molecular formula is C4H9NO5P2+2. The van der Waals surface area contributed by atoms with Crippen molar-refractivity contribution in [1.29, 1.82) is 0 Å². The topological polar surface area (TPSA) is 87.9 Å². The third kappa shape index (κ3) is 3.19. The maximum atomic E-state index is 10.7. The molecule has 1 heterocycles. The van der Waals surface area contributed by atoms with Crippen molar-refractivity contribution in [3.63, 3.8) is 0 Å². The molecule has 0 spiro atoms. The van der Waals surface area contributed by atoms with Gasteiger partial charge >= 0.3 is 16.5 Å². The van der Waals surface area contributed by atoms with Gasteiger partial charge in [-0.2, -0.15) is 0 Å². The summed E-state index contributed by atoms with van der Waals surface area (Å²) >= 11 is 0. The first kappa shape index (κ1) is 10.1. The Bertz CT molecular complexity index is 182. The Morgan fingerprint density at radius 1 is 1.25 bits per heavy atom. The normalized spacial score (nSPS) is 30.6. The summed E-state index contributed by atoms with van der Waals surface area (Å²) in [7, 11) is -4.57. The minimum Gasteiger partial charge on any atom is -0.330 e. The van der Waals surface area contributed by atoms with Gasteiger partial charge < -0.3 is 5.73 Å². The van der Waals surface area contributed by atoms with Crippen LogP contribution in [-0.4, -0.2) is 12.8 Å². The minimum atomic E-state index is -2.29. The number of hydrogen-bond acceptors (Lipinski definition) is 6. The zero-order valence-electron chi connectivity index (χ0n) is 6.21. The van der Waals surface area contributed by atoms with E-state index in [1.165, 1.54) is 0 Å². The highest BCUT2D eigenvalue weighted by atomic mass is 31.2. The molecule has 6 nitrogen and oxygen atoms in total. The molecule has 2 unspecified atom stereocenters. The van der Waals surface area contributed by atoms with E-state index in [1.807, 2.05) is 0 Å². The van der Waals surface area contributed by atoms with Crippen LogP contribution in [0.25, 0.3) is 0 Å². The van der Waals surface area contributed by atoms with Crippen LogP contribution in [0, 0.1) is 0 Å². The smallest absolute Gasteiger partial charge is 0.330 e. The molecule has 0 radical (unpaired) electrons. The third-order valence-electron chi connectivity index (χ3n) is 1.18. The third-order valence-corrected chi connectivity index (χ3v) is 3.07. The van der Waals surface area contributed by atoms with Crippen LogP contribution in [0.3, 0.4) is 0 Å². The summed E-state index contributed by atoms with van der Waals surface area (Å²) in [6.45, 7) is 0.484. The second-order valence-electron chi connectivity index (χ2n) is 2.10. The Morgan fingerprint density at radius 2 is 1.83 bits per heavy atom. The highest BCUT2D eigenvalue weighted by Crippen LogP contribution is 2.47.